The van der Waals surface area contributed by atoms with E-state index in [0.29, 0.717) is 0 Å². The lowest BCUT2D eigenvalue weighted by Gasteiger charge is -2.24. The zero-order chi connectivity index (χ0) is 22.5. The molecule has 0 aliphatic carbocycles. The molecule has 0 unspecified atom stereocenters. The van der Waals surface area contributed by atoms with E-state index in [1.54, 1.807) is 23.5 Å². The standard InChI is InChI=1S/C29H19N3S2/c1-3-14-24-22(10-1)31-28-18(8-5-16-26(28)33-24)20-12-7-13-21(30-20)19-9-6-17-27-29(19)32-23-11-2-4-15-25(23)34-27/h1-17,31-32H. The number of hydrogen-bond acceptors (Lipinski definition) is 5. The summed E-state index contributed by atoms with van der Waals surface area (Å²) in [4.78, 5) is 10.1. The molecule has 2 aliphatic rings. The van der Waals surface area contributed by atoms with Crippen LogP contribution < -0.4 is 10.6 Å². The molecular formula is C29H19N3S2. The van der Waals surface area contributed by atoms with Gasteiger partial charge in [-0.25, -0.2) is 4.98 Å². The van der Waals surface area contributed by atoms with Crippen LogP contribution >= 0.6 is 23.5 Å². The van der Waals surface area contributed by atoms with Crippen molar-refractivity contribution in [2.45, 2.75) is 19.6 Å². The highest BCUT2D eigenvalue weighted by atomic mass is 32.2. The quantitative estimate of drug-likeness (QED) is 0.262. The van der Waals surface area contributed by atoms with Crippen molar-refractivity contribution in [1.82, 2.24) is 4.98 Å². The summed E-state index contributed by atoms with van der Waals surface area (Å²) >= 11 is 3.60. The van der Waals surface area contributed by atoms with E-state index in [1.807, 2.05) is 0 Å². The second-order valence-electron chi connectivity index (χ2n) is 8.21. The van der Waals surface area contributed by atoms with Crippen molar-refractivity contribution in [3.8, 4) is 22.5 Å². The van der Waals surface area contributed by atoms with Gasteiger partial charge in [-0.3, -0.25) is 0 Å². The molecule has 3 heterocycles. The van der Waals surface area contributed by atoms with E-state index >= 15 is 0 Å². The van der Waals surface area contributed by atoms with Gasteiger partial charge in [0, 0.05) is 30.7 Å². The minimum atomic E-state index is 0.961. The SMILES string of the molecule is c1cc(-c2cccc3c2Nc2ccccc2S3)nc(-c2cccc3c2Nc2ccccc2S3)c1. The van der Waals surface area contributed by atoms with Gasteiger partial charge in [0.25, 0.3) is 0 Å². The molecule has 5 heteroatoms. The molecule has 7 rings (SSSR count). The van der Waals surface area contributed by atoms with Gasteiger partial charge in [0.2, 0.25) is 0 Å². The maximum atomic E-state index is 5.14. The second kappa shape index (κ2) is 7.97. The van der Waals surface area contributed by atoms with Gasteiger partial charge in [-0.15, -0.1) is 0 Å². The zero-order valence-electron chi connectivity index (χ0n) is 18.1. The lowest BCUT2D eigenvalue weighted by molar-refractivity contribution is 1.27. The predicted molar refractivity (Wildman–Crippen MR) is 143 cm³/mol. The molecule has 0 saturated heterocycles. The first kappa shape index (κ1) is 19.8. The highest BCUT2D eigenvalue weighted by molar-refractivity contribution is 8.00. The van der Waals surface area contributed by atoms with Gasteiger partial charge in [0.15, 0.2) is 0 Å². The Morgan fingerprint density at radius 2 is 0.882 bits per heavy atom. The van der Waals surface area contributed by atoms with Gasteiger partial charge >= 0.3 is 0 Å². The lowest BCUT2D eigenvalue weighted by Crippen LogP contribution is -2.03. The summed E-state index contributed by atoms with van der Waals surface area (Å²) in [6.07, 6.45) is 0. The molecule has 0 spiro atoms. The zero-order valence-corrected chi connectivity index (χ0v) is 19.7. The Balaban J connectivity index is 1.31. The molecule has 2 N–H and O–H groups in total. The fourth-order valence-corrected chi connectivity index (χ4v) is 6.52. The molecule has 3 nitrogen and oxygen atoms in total. The highest BCUT2D eigenvalue weighted by Crippen LogP contribution is 2.49. The molecule has 0 atom stereocenters. The normalized spacial score (nSPS) is 12.9. The van der Waals surface area contributed by atoms with E-state index in [1.165, 1.54) is 19.6 Å². The number of nitrogens with one attached hydrogen (secondary N) is 2. The van der Waals surface area contributed by atoms with E-state index in [2.05, 4.69) is 114 Å². The largest absolute Gasteiger partial charge is 0.353 e. The van der Waals surface area contributed by atoms with Crippen LogP contribution in [0.3, 0.4) is 0 Å². The number of para-hydroxylation sites is 4. The molecule has 0 saturated carbocycles. The number of benzene rings is 4. The van der Waals surface area contributed by atoms with Gasteiger partial charge in [-0.1, -0.05) is 78.1 Å². The monoisotopic (exact) mass is 473 g/mol. The summed E-state index contributed by atoms with van der Waals surface area (Å²) in [7, 11) is 0. The van der Waals surface area contributed by atoms with E-state index in [0.717, 1.165) is 45.3 Å². The van der Waals surface area contributed by atoms with E-state index in [4.69, 9.17) is 4.98 Å². The first-order valence-corrected chi connectivity index (χ1v) is 12.8. The van der Waals surface area contributed by atoms with Crippen LogP contribution in [0.25, 0.3) is 22.5 Å². The fraction of sp³-hybridized carbons (Fsp3) is 0. The number of rotatable bonds is 2. The third kappa shape index (κ3) is 3.28. The first-order chi connectivity index (χ1) is 16.8. The van der Waals surface area contributed by atoms with Crippen LogP contribution in [0, 0.1) is 0 Å². The minimum Gasteiger partial charge on any atom is -0.353 e. The van der Waals surface area contributed by atoms with Crippen LogP contribution in [0.15, 0.2) is 123 Å². The van der Waals surface area contributed by atoms with Crippen molar-refractivity contribution >= 4 is 46.3 Å². The summed E-state index contributed by atoms with van der Waals surface area (Å²) in [6, 6.07) is 36.0. The molecule has 5 aromatic rings. The Kier molecular flexibility index (Phi) is 4.64. The Hall–Kier alpha value is -3.67. The summed E-state index contributed by atoms with van der Waals surface area (Å²) < 4.78 is 0. The summed E-state index contributed by atoms with van der Waals surface area (Å²) in [5.41, 5.74) is 8.66. The van der Waals surface area contributed by atoms with Gasteiger partial charge in [0.05, 0.1) is 34.1 Å². The molecule has 0 amide bonds. The maximum Gasteiger partial charge on any atom is 0.0730 e. The van der Waals surface area contributed by atoms with Crippen molar-refractivity contribution in [3.63, 3.8) is 0 Å². The van der Waals surface area contributed by atoms with E-state index in [-0.39, 0.29) is 0 Å². The average molecular weight is 474 g/mol. The molecule has 0 bridgehead atoms. The van der Waals surface area contributed by atoms with Crippen LogP contribution in [0.5, 0.6) is 0 Å². The third-order valence-corrected chi connectivity index (χ3v) is 8.36. The summed E-state index contributed by atoms with van der Waals surface area (Å²) in [6.45, 7) is 0. The van der Waals surface area contributed by atoms with Gasteiger partial charge in [-0.2, -0.15) is 0 Å². The van der Waals surface area contributed by atoms with Crippen molar-refractivity contribution < 1.29 is 0 Å². The van der Waals surface area contributed by atoms with Crippen LogP contribution in [-0.2, 0) is 0 Å². The van der Waals surface area contributed by atoms with Crippen molar-refractivity contribution in [1.29, 1.82) is 0 Å². The molecule has 34 heavy (non-hydrogen) atoms. The number of anilines is 4. The van der Waals surface area contributed by atoms with Crippen LogP contribution in [0.2, 0.25) is 0 Å². The van der Waals surface area contributed by atoms with Gasteiger partial charge in [0.1, 0.15) is 0 Å². The lowest BCUT2D eigenvalue weighted by atomic mass is 10.0. The maximum absolute atomic E-state index is 5.14. The summed E-state index contributed by atoms with van der Waals surface area (Å²) in [5, 5.41) is 7.30. The summed E-state index contributed by atoms with van der Waals surface area (Å²) in [5.74, 6) is 0. The second-order valence-corrected chi connectivity index (χ2v) is 10.4. The molecular weight excluding hydrogens is 454 g/mol. The molecule has 2 aliphatic heterocycles. The first-order valence-electron chi connectivity index (χ1n) is 11.2. The van der Waals surface area contributed by atoms with Crippen LogP contribution in [-0.4, -0.2) is 4.98 Å². The highest BCUT2D eigenvalue weighted by Gasteiger charge is 2.21. The van der Waals surface area contributed by atoms with Crippen molar-refractivity contribution in [2.75, 3.05) is 10.6 Å². The predicted octanol–water partition coefficient (Wildman–Crippen LogP) is 8.83. The number of nitrogens with zero attached hydrogens (tertiary/aromatic N) is 1. The molecule has 0 radical (unpaired) electrons. The minimum absolute atomic E-state index is 0.961. The van der Waals surface area contributed by atoms with Crippen LogP contribution in [0.4, 0.5) is 22.7 Å². The molecule has 162 valence electrons. The Labute approximate surface area is 206 Å². The van der Waals surface area contributed by atoms with E-state index < -0.39 is 0 Å². The van der Waals surface area contributed by atoms with Gasteiger partial charge in [-0.05, 0) is 48.5 Å². The topological polar surface area (TPSA) is 37.0 Å². The van der Waals surface area contributed by atoms with Crippen molar-refractivity contribution in [3.05, 3.63) is 103 Å². The number of pyridine rings is 1. The molecule has 4 aromatic carbocycles. The van der Waals surface area contributed by atoms with E-state index in [9.17, 15) is 0 Å². The Morgan fingerprint density at radius 3 is 1.41 bits per heavy atom. The average Bonchev–Trinajstić information content (AvgIpc) is 2.90. The fourth-order valence-electron chi connectivity index (χ4n) is 4.48. The molecule has 1 aromatic heterocycles. The smallest absolute Gasteiger partial charge is 0.0730 e. The molecule has 0 fully saturated rings. The Morgan fingerprint density at radius 1 is 0.441 bits per heavy atom. The van der Waals surface area contributed by atoms with Crippen molar-refractivity contribution in [2.24, 2.45) is 0 Å². The van der Waals surface area contributed by atoms with Crippen LogP contribution in [0.1, 0.15) is 0 Å². The van der Waals surface area contributed by atoms with Gasteiger partial charge < -0.3 is 10.6 Å². The third-order valence-electron chi connectivity index (χ3n) is 6.09. The Bertz CT molecular complexity index is 1460. The number of hydrogen-bond donors (Lipinski definition) is 2. The number of fused-ring (bicyclic) bond motifs is 4. The number of aromatic nitrogens is 1.